The Labute approximate surface area is 282 Å². The summed E-state index contributed by atoms with van der Waals surface area (Å²) in [5, 5.41) is 0.463. The first-order valence-electron chi connectivity index (χ1n) is 16.2. The van der Waals surface area contributed by atoms with Crippen molar-refractivity contribution in [3.8, 4) is 11.3 Å². The molecular weight excluding hydrogens is 642 g/mol. The lowest BCUT2D eigenvalue weighted by Gasteiger charge is -2.29. The van der Waals surface area contributed by atoms with E-state index in [1.165, 1.54) is 36.0 Å². The number of alkyl halides is 3. The van der Waals surface area contributed by atoms with E-state index in [1.54, 1.807) is 29.3 Å². The smallest absolute Gasteiger partial charge is 0.335 e. The number of fused-ring (bicyclic) bond motifs is 1. The minimum Gasteiger partial charge on any atom is -0.335 e. The van der Waals surface area contributed by atoms with E-state index in [4.69, 9.17) is 0 Å². The fraction of sp³-hybridized carbons (Fsp3) is 0.389. The number of likely N-dealkylation sites (N-methyl/N-ethyl adjacent to an activating group) is 1. The summed E-state index contributed by atoms with van der Waals surface area (Å²) in [5.74, 6) is 0.00528. The van der Waals surface area contributed by atoms with Gasteiger partial charge in [0.2, 0.25) is 5.91 Å². The number of carbonyl (C=O) groups is 1. The highest BCUT2D eigenvalue weighted by Gasteiger charge is 2.30. The molecule has 4 aromatic rings. The Hall–Kier alpha value is -4.03. The van der Waals surface area contributed by atoms with E-state index < -0.39 is 11.7 Å². The summed E-state index contributed by atoms with van der Waals surface area (Å²) in [6, 6.07) is 14.6. The fourth-order valence-electron chi connectivity index (χ4n) is 5.82. The highest BCUT2D eigenvalue weighted by molar-refractivity contribution is 7.98. The number of halogens is 4. The van der Waals surface area contributed by atoms with Gasteiger partial charge in [-0.2, -0.15) is 18.2 Å². The van der Waals surface area contributed by atoms with Gasteiger partial charge in [0, 0.05) is 48.4 Å². The van der Waals surface area contributed by atoms with Crippen LogP contribution in [0.3, 0.4) is 0 Å². The van der Waals surface area contributed by atoms with Gasteiger partial charge in [0.15, 0.2) is 5.16 Å². The van der Waals surface area contributed by atoms with E-state index in [1.807, 2.05) is 10.6 Å². The molecule has 0 saturated heterocycles. The zero-order chi connectivity index (χ0) is 34.3. The predicted octanol–water partition coefficient (Wildman–Crippen LogP) is 7.00. The molecule has 7 nitrogen and oxygen atoms in total. The number of carbonyl (C=O) groups excluding carboxylic acids is 1. The van der Waals surface area contributed by atoms with E-state index in [0.29, 0.717) is 53.7 Å². The third-order valence-corrected chi connectivity index (χ3v) is 9.71. The molecule has 0 fully saturated rings. The average molecular weight is 682 g/mol. The second-order valence-corrected chi connectivity index (χ2v) is 12.7. The van der Waals surface area contributed by atoms with E-state index in [0.717, 1.165) is 54.9 Å². The van der Waals surface area contributed by atoms with Crippen molar-refractivity contribution in [1.29, 1.82) is 0 Å². The van der Waals surface area contributed by atoms with Crippen LogP contribution in [0, 0.1) is 5.82 Å². The van der Waals surface area contributed by atoms with Gasteiger partial charge < -0.3 is 14.4 Å². The van der Waals surface area contributed by atoms with E-state index >= 15 is 0 Å². The molecule has 0 N–H and O–H groups in total. The summed E-state index contributed by atoms with van der Waals surface area (Å²) >= 11 is 1.36. The topological polar surface area (TPSA) is 71.3 Å². The summed E-state index contributed by atoms with van der Waals surface area (Å²) in [7, 11) is 0. The van der Waals surface area contributed by atoms with Crippen LogP contribution < -0.4 is 5.56 Å². The third kappa shape index (κ3) is 8.90. The van der Waals surface area contributed by atoms with Gasteiger partial charge in [0.25, 0.3) is 5.56 Å². The van der Waals surface area contributed by atoms with Crippen molar-refractivity contribution < 1.29 is 22.4 Å². The molecule has 2 heterocycles. The Balaban J connectivity index is 1.39. The molecule has 0 bridgehead atoms. The molecule has 12 heteroatoms. The third-order valence-electron chi connectivity index (χ3n) is 8.66. The first-order chi connectivity index (χ1) is 23.0. The monoisotopic (exact) mass is 681 g/mol. The molecule has 48 heavy (non-hydrogen) atoms. The predicted molar refractivity (Wildman–Crippen MR) is 179 cm³/mol. The Morgan fingerprint density at radius 3 is 2.25 bits per heavy atom. The number of rotatable bonds is 13. The fourth-order valence-corrected chi connectivity index (χ4v) is 6.78. The van der Waals surface area contributed by atoms with Crippen molar-refractivity contribution in [3.63, 3.8) is 0 Å². The van der Waals surface area contributed by atoms with Crippen LogP contribution in [0.4, 0.5) is 17.6 Å². The van der Waals surface area contributed by atoms with Crippen LogP contribution in [0.2, 0.25) is 0 Å². The normalized spacial score (nSPS) is 13.1. The molecule has 1 aliphatic rings. The summed E-state index contributed by atoms with van der Waals surface area (Å²) in [5.41, 5.74) is 3.28. The first-order valence-corrected chi connectivity index (χ1v) is 17.2. The van der Waals surface area contributed by atoms with Crippen molar-refractivity contribution in [1.82, 2.24) is 24.3 Å². The number of hydrogen-bond acceptors (Lipinski definition) is 6. The average Bonchev–Trinajstić information content (AvgIpc) is 3.09. The van der Waals surface area contributed by atoms with E-state index in [-0.39, 0.29) is 30.4 Å². The van der Waals surface area contributed by atoms with Gasteiger partial charge in [0.1, 0.15) is 12.4 Å². The summed E-state index contributed by atoms with van der Waals surface area (Å²) in [4.78, 5) is 40.1. The van der Waals surface area contributed by atoms with Gasteiger partial charge in [-0.1, -0.05) is 55.9 Å². The molecule has 0 spiro atoms. The lowest BCUT2D eigenvalue weighted by atomic mass is 9.97. The first kappa shape index (κ1) is 35.3. The molecule has 1 aliphatic carbocycles. The highest BCUT2D eigenvalue weighted by Crippen LogP contribution is 2.31. The molecule has 0 aliphatic heterocycles. The van der Waals surface area contributed by atoms with Crippen molar-refractivity contribution in [2.45, 2.75) is 69.7 Å². The van der Waals surface area contributed by atoms with Crippen molar-refractivity contribution >= 4 is 17.7 Å². The zero-order valence-electron chi connectivity index (χ0n) is 27.1. The number of amides is 1. The maximum Gasteiger partial charge on any atom is 0.416 e. The van der Waals surface area contributed by atoms with Crippen LogP contribution in [0.25, 0.3) is 11.3 Å². The number of hydrogen-bond donors (Lipinski definition) is 0. The summed E-state index contributed by atoms with van der Waals surface area (Å²) in [6.07, 6.45) is 0.349. The summed E-state index contributed by atoms with van der Waals surface area (Å²) < 4.78 is 54.4. The van der Waals surface area contributed by atoms with E-state index in [2.05, 4.69) is 28.7 Å². The molecular formula is C36H39F4N5O2S. The van der Waals surface area contributed by atoms with Gasteiger partial charge in [-0.05, 0) is 80.2 Å². The Bertz CT molecular complexity index is 1740. The molecule has 0 saturated carbocycles. The van der Waals surface area contributed by atoms with Crippen LogP contribution in [-0.4, -0.2) is 56.4 Å². The van der Waals surface area contributed by atoms with Crippen LogP contribution in [-0.2, 0) is 42.7 Å². The maximum atomic E-state index is 14.2. The Morgan fingerprint density at radius 2 is 1.60 bits per heavy atom. The van der Waals surface area contributed by atoms with E-state index in [9.17, 15) is 27.2 Å². The van der Waals surface area contributed by atoms with Crippen molar-refractivity contribution in [3.05, 3.63) is 111 Å². The number of pyridine rings is 1. The van der Waals surface area contributed by atoms with Gasteiger partial charge in [0.05, 0.1) is 11.3 Å². The summed E-state index contributed by atoms with van der Waals surface area (Å²) in [6.45, 7) is 7.25. The van der Waals surface area contributed by atoms with Gasteiger partial charge in [-0.3, -0.25) is 14.6 Å². The quantitative estimate of drug-likeness (QED) is 0.0860. The van der Waals surface area contributed by atoms with Crippen LogP contribution in [0.5, 0.6) is 0 Å². The lowest BCUT2D eigenvalue weighted by molar-refractivity contribution is -0.137. The molecule has 2 aromatic carbocycles. The van der Waals surface area contributed by atoms with Gasteiger partial charge in [-0.25, -0.2) is 4.39 Å². The maximum absolute atomic E-state index is 14.2. The second-order valence-electron chi connectivity index (χ2n) is 11.8. The van der Waals surface area contributed by atoms with Crippen LogP contribution >= 0.6 is 11.8 Å². The zero-order valence-corrected chi connectivity index (χ0v) is 27.9. The minimum atomic E-state index is -4.41. The van der Waals surface area contributed by atoms with Crippen LogP contribution in [0.15, 0.2) is 76.8 Å². The standard InChI is InChI=1S/C36H39F4N5O2S/c1-3-43(4-2)19-20-44(22-26-11-18-31(41-21-26)27-12-14-28(15-13-27)36(38,39)40)33(46)23-45-32-8-6-5-7-30(32)34(47)42-35(45)48-24-25-9-16-29(37)17-10-25/h9-18,21H,3-8,19-20,22-24H2,1-2H3. The molecule has 0 atom stereocenters. The molecule has 1 amide bonds. The van der Waals surface area contributed by atoms with Crippen molar-refractivity contribution in [2.75, 3.05) is 26.2 Å². The highest BCUT2D eigenvalue weighted by atomic mass is 32.2. The molecule has 0 radical (unpaired) electrons. The Morgan fingerprint density at radius 1 is 0.917 bits per heavy atom. The molecule has 254 valence electrons. The molecule has 0 unspecified atom stereocenters. The van der Waals surface area contributed by atoms with Gasteiger partial charge >= 0.3 is 6.18 Å². The minimum absolute atomic E-state index is 0.0106. The number of benzene rings is 2. The number of aromatic nitrogens is 3. The number of nitrogens with zero attached hydrogens (tertiary/aromatic N) is 5. The SMILES string of the molecule is CCN(CC)CCN(Cc1ccc(-c2ccc(C(F)(F)F)cc2)nc1)C(=O)Cn1c(SCc2ccc(F)cc2)nc(=O)c2c1CCCC2. The second kappa shape index (κ2) is 15.9. The largest absolute Gasteiger partial charge is 0.416 e. The van der Waals surface area contributed by atoms with Crippen molar-refractivity contribution in [2.24, 2.45) is 0 Å². The molecule has 5 rings (SSSR count). The lowest BCUT2D eigenvalue weighted by Crippen LogP contribution is -2.41. The van der Waals surface area contributed by atoms with Crippen LogP contribution in [0.1, 0.15) is 54.6 Å². The Kier molecular flexibility index (Phi) is 11.7. The molecule has 2 aromatic heterocycles. The number of thioether (sulfide) groups is 1. The van der Waals surface area contributed by atoms with Gasteiger partial charge in [-0.15, -0.1) is 0 Å².